The lowest BCUT2D eigenvalue weighted by Gasteiger charge is -2.10. The predicted octanol–water partition coefficient (Wildman–Crippen LogP) is 2.90. The molecule has 0 bridgehead atoms. The van der Waals surface area contributed by atoms with Crippen LogP contribution in [0.4, 0.5) is 15.8 Å². The molecule has 26 heavy (non-hydrogen) atoms. The third kappa shape index (κ3) is 4.69. The van der Waals surface area contributed by atoms with Crippen molar-refractivity contribution in [2.75, 3.05) is 17.2 Å². The number of amides is 3. The van der Waals surface area contributed by atoms with Crippen LogP contribution >= 0.6 is 15.9 Å². The molecule has 9 heteroatoms. The molecule has 3 rings (SSSR count). The number of anilines is 2. The van der Waals surface area contributed by atoms with Crippen LogP contribution in [-0.4, -0.2) is 24.3 Å². The quantitative estimate of drug-likeness (QED) is 0.664. The lowest BCUT2D eigenvalue weighted by atomic mass is 10.2. The summed E-state index contributed by atoms with van der Waals surface area (Å²) in [5, 5.41) is 7.44. The zero-order valence-corrected chi connectivity index (χ0v) is 15.1. The lowest BCUT2D eigenvalue weighted by molar-refractivity contribution is -0.117. The Morgan fingerprint density at radius 3 is 2.58 bits per heavy atom. The van der Waals surface area contributed by atoms with E-state index in [-0.39, 0.29) is 29.8 Å². The van der Waals surface area contributed by atoms with Gasteiger partial charge in [-0.2, -0.15) is 0 Å². The fraction of sp³-hybridized carbons (Fsp3) is 0.235. The molecule has 1 aromatic heterocycles. The summed E-state index contributed by atoms with van der Waals surface area (Å²) in [5.74, 6) is -1.86. The highest BCUT2D eigenvalue weighted by Crippen LogP contribution is 2.31. The van der Waals surface area contributed by atoms with Gasteiger partial charge in [0.15, 0.2) is 10.4 Å². The Hall–Kier alpha value is -2.68. The van der Waals surface area contributed by atoms with Crippen molar-refractivity contribution in [3.8, 4) is 0 Å². The molecule has 1 aliphatic carbocycles. The van der Waals surface area contributed by atoms with Crippen molar-refractivity contribution < 1.29 is 23.2 Å². The van der Waals surface area contributed by atoms with Gasteiger partial charge in [0, 0.05) is 11.6 Å². The molecule has 3 amide bonds. The van der Waals surface area contributed by atoms with E-state index in [1.165, 1.54) is 18.2 Å². The first-order valence-corrected chi connectivity index (χ1v) is 8.65. The summed E-state index contributed by atoms with van der Waals surface area (Å²) in [6.07, 6.45) is 1.60. The number of nitrogens with one attached hydrogen (secondary N) is 3. The first kappa shape index (κ1) is 18.1. The van der Waals surface area contributed by atoms with Gasteiger partial charge < -0.3 is 20.4 Å². The Bertz CT molecular complexity index is 863. The van der Waals surface area contributed by atoms with Crippen molar-refractivity contribution in [3.05, 3.63) is 46.6 Å². The van der Waals surface area contributed by atoms with Gasteiger partial charge in [-0.25, -0.2) is 4.39 Å². The third-order valence-corrected chi connectivity index (χ3v) is 4.09. The molecular formula is C17H15BrFN3O4. The monoisotopic (exact) mass is 423 g/mol. The number of carbonyl (C=O) groups is 3. The van der Waals surface area contributed by atoms with Crippen molar-refractivity contribution in [1.82, 2.24) is 5.32 Å². The van der Waals surface area contributed by atoms with Crippen molar-refractivity contribution in [2.45, 2.75) is 12.8 Å². The Morgan fingerprint density at radius 1 is 1.15 bits per heavy atom. The van der Waals surface area contributed by atoms with Gasteiger partial charge in [-0.15, -0.1) is 0 Å². The summed E-state index contributed by atoms with van der Waals surface area (Å²) in [6.45, 7) is -0.293. The Balaban J connectivity index is 1.55. The van der Waals surface area contributed by atoms with E-state index in [0.717, 1.165) is 18.9 Å². The minimum absolute atomic E-state index is 0.00386. The molecule has 0 spiro atoms. The maximum absolute atomic E-state index is 13.8. The van der Waals surface area contributed by atoms with Gasteiger partial charge in [-0.3, -0.25) is 14.4 Å². The van der Waals surface area contributed by atoms with E-state index in [1.807, 2.05) is 0 Å². The molecule has 1 heterocycles. The predicted molar refractivity (Wildman–Crippen MR) is 95.1 cm³/mol. The van der Waals surface area contributed by atoms with Gasteiger partial charge in [-0.1, -0.05) is 0 Å². The molecule has 1 aliphatic rings. The van der Waals surface area contributed by atoms with E-state index in [1.54, 1.807) is 6.07 Å². The minimum atomic E-state index is -0.589. The maximum Gasteiger partial charge on any atom is 0.287 e. The number of furan rings is 1. The lowest BCUT2D eigenvalue weighted by Crippen LogP contribution is -2.32. The Labute approximate surface area is 156 Å². The molecule has 0 saturated heterocycles. The molecule has 1 saturated carbocycles. The second-order valence-corrected chi connectivity index (χ2v) is 6.57. The van der Waals surface area contributed by atoms with E-state index in [0.29, 0.717) is 10.4 Å². The van der Waals surface area contributed by atoms with Crippen molar-refractivity contribution in [1.29, 1.82) is 0 Å². The van der Waals surface area contributed by atoms with Crippen LogP contribution in [-0.2, 0) is 9.59 Å². The molecule has 0 aliphatic heterocycles. The number of halogens is 2. The average Bonchev–Trinajstić information content (AvgIpc) is 3.37. The molecule has 1 fully saturated rings. The Morgan fingerprint density at radius 2 is 1.92 bits per heavy atom. The van der Waals surface area contributed by atoms with Crippen molar-refractivity contribution in [3.63, 3.8) is 0 Å². The van der Waals surface area contributed by atoms with Gasteiger partial charge in [0.25, 0.3) is 5.91 Å². The van der Waals surface area contributed by atoms with Crippen LogP contribution in [0.25, 0.3) is 0 Å². The summed E-state index contributed by atoms with van der Waals surface area (Å²) in [4.78, 5) is 35.5. The maximum atomic E-state index is 13.8. The van der Waals surface area contributed by atoms with Crippen LogP contribution in [0, 0.1) is 11.7 Å². The average molecular weight is 424 g/mol. The van der Waals surface area contributed by atoms with Gasteiger partial charge in [-0.05, 0) is 59.1 Å². The molecule has 0 unspecified atom stereocenters. The van der Waals surface area contributed by atoms with Crippen molar-refractivity contribution in [2.24, 2.45) is 5.92 Å². The van der Waals surface area contributed by atoms with Crippen LogP contribution in [0.2, 0.25) is 0 Å². The summed E-state index contributed by atoms with van der Waals surface area (Å²) in [6, 6.07) is 6.87. The highest BCUT2D eigenvalue weighted by molar-refractivity contribution is 9.10. The van der Waals surface area contributed by atoms with Crippen LogP contribution in [0.3, 0.4) is 0 Å². The van der Waals surface area contributed by atoms with E-state index in [2.05, 4.69) is 31.9 Å². The standard InChI is InChI=1S/C17H15BrFN3O4/c18-14-6-5-13(26-14)17(25)20-8-15(23)21-10-3-4-11(19)12(7-10)22-16(24)9-1-2-9/h3-7,9H,1-2,8H2,(H,20,25)(H,21,23)(H,22,24). The summed E-state index contributed by atoms with van der Waals surface area (Å²) >= 11 is 3.08. The van der Waals surface area contributed by atoms with Crippen LogP contribution < -0.4 is 16.0 Å². The highest BCUT2D eigenvalue weighted by Gasteiger charge is 2.30. The SMILES string of the molecule is O=C(CNC(=O)c1ccc(Br)o1)Nc1ccc(F)c(NC(=O)C2CC2)c1. The number of rotatable bonds is 6. The van der Waals surface area contributed by atoms with Crippen LogP contribution in [0.15, 0.2) is 39.4 Å². The first-order chi connectivity index (χ1) is 12.4. The smallest absolute Gasteiger partial charge is 0.287 e. The number of carbonyl (C=O) groups excluding carboxylic acids is 3. The van der Waals surface area contributed by atoms with E-state index in [4.69, 9.17) is 4.42 Å². The van der Waals surface area contributed by atoms with Gasteiger partial charge in [0.1, 0.15) is 5.82 Å². The second kappa shape index (κ2) is 7.69. The fourth-order valence-electron chi connectivity index (χ4n) is 2.17. The fourth-order valence-corrected chi connectivity index (χ4v) is 2.47. The summed E-state index contributed by atoms with van der Waals surface area (Å²) < 4.78 is 19.3. The molecule has 2 aromatic rings. The topological polar surface area (TPSA) is 100 Å². The molecular weight excluding hydrogens is 409 g/mol. The van der Waals surface area contributed by atoms with Gasteiger partial charge in [0.05, 0.1) is 12.2 Å². The summed E-state index contributed by atoms with van der Waals surface area (Å²) in [7, 11) is 0. The second-order valence-electron chi connectivity index (χ2n) is 5.79. The molecule has 0 radical (unpaired) electrons. The van der Waals surface area contributed by atoms with E-state index < -0.39 is 17.6 Å². The van der Waals surface area contributed by atoms with Crippen LogP contribution in [0.1, 0.15) is 23.4 Å². The van der Waals surface area contributed by atoms with Gasteiger partial charge >= 0.3 is 0 Å². The zero-order chi connectivity index (χ0) is 18.7. The Kier molecular flexibility index (Phi) is 5.36. The molecule has 1 aromatic carbocycles. The normalized spacial score (nSPS) is 13.2. The first-order valence-electron chi connectivity index (χ1n) is 7.86. The summed E-state index contributed by atoms with van der Waals surface area (Å²) in [5.41, 5.74) is 0.307. The van der Waals surface area contributed by atoms with Gasteiger partial charge in [0.2, 0.25) is 11.8 Å². The van der Waals surface area contributed by atoms with E-state index >= 15 is 0 Å². The molecule has 7 nitrogen and oxygen atoms in total. The number of hydrogen-bond donors (Lipinski definition) is 3. The minimum Gasteiger partial charge on any atom is -0.444 e. The van der Waals surface area contributed by atoms with E-state index in [9.17, 15) is 18.8 Å². The molecule has 0 atom stereocenters. The molecule has 136 valence electrons. The largest absolute Gasteiger partial charge is 0.444 e. The number of hydrogen-bond acceptors (Lipinski definition) is 4. The third-order valence-electron chi connectivity index (χ3n) is 3.66. The highest BCUT2D eigenvalue weighted by atomic mass is 79.9. The molecule has 3 N–H and O–H groups in total. The number of benzene rings is 1. The zero-order valence-electron chi connectivity index (χ0n) is 13.5. The van der Waals surface area contributed by atoms with Crippen LogP contribution in [0.5, 0.6) is 0 Å². The van der Waals surface area contributed by atoms with Crippen molar-refractivity contribution >= 4 is 45.0 Å².